The first-order chi connectivity index (χ1) is 11.0. The SMILES string of the molecule is Nc1cccc2ccc(CC(=O)N3CCCC(C(=O)O)C3)nc12. The number of fused-ring (bicyclic) bond motifs is 1. The Labute approximate surface area is 133 Å². The van der Waals surface area contributed by atoms with Gasteiger partial charge >= 0.3 is 5.97 Å². The van der Waals surface area contributed by atoms with E-state index < -0.39 is 11.9 Å². The summed E-state index contributed by atoms with van der Waals surface area (Å²) < 4.78 is 0. The van der Waals surface area contributed by atoms with Crippen LogP contribution in [0.15, 0.2) is 30.3 Å². The van der Waals surface area contributed by atoms with Crippen LogP contribution in [0.3, 0.4) is 0 Å². The number of nitrogens with two attached hydrogens (primary N) is 1. The highest BCUT2D eigenvalue weighted by molar-refractivity contribution is 5.89. The topological polar surface area (TPSA) is 96.5 Å². The van der Waals surface area contributed by atoms with Gasteiger partial charge in [-0.25, -0.2) is 0 Å². The van der Waals surface area contributed by atoms with Gasteiger partial charge in [0.25, 0.3) is 0 Å². The lowest BCUT2D eigenvalue weighted by Crippen LogP contribution is -2.43. The highest BCUT2D eigenvalue weighted by Gasteiger charge is 2.28. The molecule has 1 aliphatic heterocycles. The minimum atomic E-state index is -0.834. The molecule has 23 heavy (non-hydrogen) atoms. The van der Waals surface area contributed by atoms with Gasteiger partial charge in [0.1, 0.15) is 0 Å². The van der Waals surface area contributed by atoms with Crippen molar-refractivity contribution < 1.29 is 14.7 Å². The Morgan fingerprint density at radius 2 is 2.13 bits per heavy atom. The largest absolute Gasteiger partial charge is 0.481 e. The second-order valence-corrected chi connectivity index (χ2v) is 5.92. The predicted octanol–water partition coefficient (Wildman–Crippen LogP) is 1.68. The van der Waals surface area contributed by atoms with Crippen molar-refractivity contribution in [1.82, 2.24) is 9.88 Å². The maximum atomic E-state index is 12.4. The van der Waals surface area contributed by atoms with Crippen molar-refractivity contribution in [3.8, 4) is 0 Å². The summed E-state index contributed by atoms with van der Waals surface area (Å²) in [6.07, 6.45) is 1.52. The molecule has 2 aromatic rings. The van der Waals surface area contributed by atoms with Gasteiger partial charge < -0.3 is 15.7 Å². The third kappa shape index (κ3) is 3.26. The molecule has 0 bridgehead atoms. The van der Waals surface area contributed by atoms with Gasteiger partial charge in [-0.1, -0.05) is 18.2 Å². The Morgan fingerprint density at radius 3 is 2.91 bits per heavy atom. The van der Waals surface area contributed by atoms with Crippen LogP contribution in [0.2, 0.25) is 0 Å². The van der Waals surface area contributed by atoms with E-state index in [1.807, 2.05) is 24.3 Å². The average molecular weight is 313 g/mol. The number of pyridine rings is 1. The number of nitrogens with zero attached hydrogens (tertiary/aromatic N) is 2. The number of carboxylic acid groups (broad SMARTS) is 1. The molecule has 1 aliphatic rings. The van der Waals surface area contributed by atoms with Crippen LogP contribution in [0, 0.1) is 5.92 Å². The van der Waals surface area contributed by atoms with Gasteiger partial charge in [0.05, 0.1) is 29.2 Å². The van der Waals surface area contributed by atoms with Crippen molar-refractivity contribution in [2.45, 2.75) is 19.3 Å². The summed E-state index contributed by atoms with van der Waals surface area (Å²) in [5, 5.41) is 10.0. The smallest absolute Gasteiger partial charge is 0.308 e. The Kier molecular flexibility index (Phi) is 4.14. The van der Waals surface area contributed by atoms with Gasteiger partial charge in [-0.05, 0) is 25.0 Å². The Bertz CT molecular complexity index is 760. The van der Waals surface area contributed by atoms with Crippen LogP contribution >= 0.6 is 0 Å². The molecule has 1 fully saturated rings. The molecule has 120 valence electrons. The number of carbonyl (C=O) groups excluding carboxylic acids is 1. The first-order valence-corrected chi connectivity index (χ1v) is 7.69. The molecule has 2 heterocycles. The van der Waals surface area contributed by atoms with Crippen molar-refractivity contribution in [3.05, 3.63) is 36.0 Å². The number of carbonyl (C=O) groups is 2. The Hall–Kier alpha value is -2.63. The second kappa shape index (κ2) is 6.24. The highest BCUT2D eigenvalue weighted by Crippen LogP contribution is 2.20. The number of rotatable bonds is 3. The van der Waals surface area contributed by atoms with Crippen LogP contribution in [0.1, 0.15) is 18.5 Å². The van der Waals surface area contributed by atoms with Crippen LogP contribution < -0.4 is 5.73 Å². The third-order valence-electron chi connectivity index (χ3n) is 4.26. The monoisotopic (exact) mass is 313 g/mol. The number of aliphatic carboxylic acids is 1. The van der Waals surface area contributed by atoms with Crippen LogP contribution in [-0.4, -0.2) is 40.0 Å². The maximum Gasteiger partial charge on any atom is 0.308 e. The number of nitrogen functional groups attached to an aromatic ring is 1. The summed E-state index contributed by atoms with van der Waals surface area (Å²) >= 11 is 0. The second-order valence-electron chi connectivity index (χ2n) is 5.92. The summed E-state index contributed by atoms with van der Waals surface area (Å²) in [5.74, 6) is -1.38. The quantitative estimate of drug-likeness (QED) is 0.840. The Morgan fingerprint density at radius 1 is 1.30 bits per heavy atom. The normalized spacial score (nSPS) is 18.1. The summed E-state index contributed by atoms with van der Waals surface area (Å²) in [6.45, 7) is 0.891. The number of likely N-dealkylation sites (tertiary alicyclic amines) is 1. The molecule has 1 amide bonds. The molecule has 3 rings (SSSR count). The van der Waals surface area contributed by atoms with Crippen molar-refractivity contribution in [2.24, 2.45) is 5.92 Å². The number of carboxylic acids is 1. The number of anilines is 1. The molecule has 3 N–H and O–H groups in total. The maximum absolute atomic E-state index is 12.4. The fraction of sp³-hybridized carbons (Fsp3) is 0.353. The number of para-hydroxylation sites is 1. The standard InChI is InChI=1S/C17H19N3O3/c18-14-5-1-3-11-6-7-13(19-16(11)14)9-15(21)20-8-2-4-12(10-20)17(22)23/h1,3,5-7,12H,2,4,8-10,18H2,(H,22,23). The molecular weight excluding hydrogens is 294 g/mol. The number of hydrogen-bond acceptors (Lipinski definition) is 4. The molecule has 1 atom stereocenters. The number of aromatic nitrogens is 1. The summed E-state index contributed by atoms with van der Waals surface area (Å²) in [7, 11) is 0. The van der Waals surface area contributed by atoms with Gasteiger partial charge in [0.2, 0.25) is 5.91 Å². The van der Waals surface area contributed by atoms with E-state index in [0.29, 0.717) is 29.9 Å². The number of amides is 1. The van der Waals surface area contributed by atoms with E-state index in [0.717, 1.165) is 11.8 Å². The first-order valence-electron chi connectivity index (χ1n) is 7.69. The van der Waals surface area contributed by atoms with Crippen molar-refractivity contribution in [2.75, 3.05) is 18.8 Å². The molecule has 0 saturated carbocycles. The zero-order valence-corrected chi connectivity index (χ0v) is 12.7. The molecule has 6 heteroatoms. The van der Waals surface area contributed by atoms with Crippen LogP contribution in [0.5, 0.6) is 0 Å². The lowest BCUT2D eigenvalue weighted by molar-refractivity contribution is -0.145. The molecule has 0 radical (unpaired) electrons. The Balaban J connectivity index is 1.75. The first kappa shape index (κ1) is 15.3. The van der Waals surface area contributed by atoms with Crippen molar-refractivity contribution in [3.63, 3.8) is 0 Å². The fourth-order valence-corrected chi connectivity index (χ4v) is 2.98. The van der Waals surface area contributed by atoms with E-state index in [-0.39, 0.29) is 18.9 Å². The summed E-state index contributed by atoms with van der Waals surface area (Å²) in [5.41, 5.74) is 7.86. The van der Waals surface area contributed by atoms with Gasteiger partial charge in [0.15, 0.2) is 0 Å². The average Bonchev–Trinajstić information content (AvgIpc) is 2.55. The van der Waals surface area contributed by atoms with E-state index in [1.54, 1.807) is 11.0 Å². The summed E-state index contributed by atoms with van der Waals surface area (Å²) in [4.78, 5) is 29.6. The molecule has 1 unspecified atom stereocenters. The molecule has 1 saturated heterocycles. The van der Waals surface area contributed by atoms with Gasteiger partial charge in [0, 0.05) is 18.5 Å². The minimum Gasteiger partial charge on any atom is -0.481 e. The van der Waals surface area contributed by atoms with E-state index in [4.69, 9.17) is 10.8 Å². The molecular formula is C17H19N3O3. The predicted molar refractivity (Wildman–Crippen MR) is 86.8 cm³/mol. The minimum absolute atomic E-state index is 0.0858. The molecule has 0 aliphatic carbocycles. The third-order valence-corrected chi connectivity index (χ3v) is 4.26. The van der Waals surface area contributed by atoms with E-state index in [2.05, 4.69) is 4.98 Å². The molecule has 1 aromatic carbocycles. The lowest BCUT2D eigenvalue weighted by Gasteiger charge is -2.30. The van der Waals surface area contributed by atoms with Crippen LogP contribution in [0.4, 0.5) is 5.69 Å². The zero-order chi connectivity index (χ0) is 16.4. The zero-order valence-electron chi connectivity index (χ0n) is 12.7. The number of piperidine rings is 1. The molecule has 0 spiro atoms. The molecule has 6 nitrogen and oxygen atoms in total. The molecule has 1 aromatic heterocycles. The van der Waals surface area contributed by atoms with Crippen LogP contribution in [-0.2, 0) is 16.0 Å². The van der Waals surface area contributed by atoms with Crippen molar-refractivity contribution >= 4 is 28.5 Å². The lowest BCUT2D eigenvalue weighted by atomic mass is 9.98. The number of hydrogen-bond donors (Lipinski definition) is 2. The van der Waals surface area contributed by atoms with Gasteiger partial charge in [-0.2, -0.15) is 0 Å². The van der Waals surface area contributed by atoms with E-state index in [9.17, 15) is 9.59 Å². The fourth-order valence-electron chi connectivity index (χ4n) is 2.98. The van der Waals surface area contributed by atoms with E-state index in [1.165, 1.54) is 0 Å². The van der Waals surface area contributed by atoms with Crippen molar-refractivity contribution in [1.29, 1.82) is 0 Å². The van der Waals surface area contributed by atoms with E-state index >= 15 is 0 Å². The number of benzene rings is 1. The van der Waals surface area contributed by atoms with Crippen LogP contribution in [0.25, 0.3) is 10.9 Å². The summed E-state index contributed by atoms with van der Waals surface area (Å²) in [6, 6.07) is 9.29. The highest BCUT2D eigenvalue weighted by atomic mass is 16.4. The van der Waals surface area contributed by atoms with Gasteiger partial charge in [-0.15, -0.1) is 0 Å². The van der Waals surface area contributed by atoms with Gasteiger partial charge in [-0.3, -0.25) is 14.6 Å².